The third-order valence-electron chi connectivity index (χ3n) is 5.80. The van der Waals surface area contributed by atoms with Crippen LogP contribution in [0.5, 0.6) is 0 Å². The summed E-state index contributed by atoms with van der Waals surface area (Å²) in [4.78, 5) is 29.1. The zero-order valence-electron chi connectivity index (χ0n) is 18.9. The van der Waals surface area contributed by atoms with Crippen LogP contribution in [-0.2, 0) is 20.9 Å². The summed E-state index contributed by atoms with van der Waals surface area (Å²) in [5, 5.41) is 12.5. The molecular formula is C25H31N5O3. The molecule has 2 aliphatic heterocycles. The van der Waals surface area contributed by atoms with Crippen LogP contribution in [0.4, 0.5) is 11.4 Å². The number of aliphatic imine (C=N–C) groups is 1. The number of hydrogen-bond donors (Lipinski definition) is 4. The summed E-state index contributed by atoms with van der Waals surface area (Å²) in [7, 11) is 0. The highest BCUT2D eigenvalue weighted by Crippen LogP contribution is 2.31. The van der Waals surface area contributed by atoms with Crippen molar-refractivity contribution in [2.45, 2.75) is 44.8 Å². The summed E-state index contributed by atoms with van der Waals surface area (Å²) in [6, 6.07) is 15.6. The highest BCUT2D eigenvalue weighted by atomic mass is 16.5. The topological polar surface area (TPSA) is 104 Å². The number of carbonyl (C=O) groups is 2. The maximum absolute atomic E-state index is 12.3. The SMILES string of the molecule is CCNC(=NCc1cccc(NC(=O)C2CCCO2)c1)NCC1CC(=O)Nc2ccccc21. The molecule has 1 fully saturated rings. The molecule has 0 saturated carbocycles. The summed E-state index contributed by atoms with van der Waals surface area (Å²) in [6.07, 6.45) is 1.77. The molecule has 2 amide bonds. The van der Waals surface area contributed by atoms with Crippen molar-refractivity contribution in [3.8, 4) is 0 Å². The fraction of sp³-hybridized carbons (Fsp3) is 0.400. The molecule has 0 spiro atoms. The van der Waals surface area contributed by atoms with Crippen molar-refractivity contribution < 1.29 is 14.3 Å². The van der Waals surface area contributed by atoms with Gasteiger partial charge in [0.1, 0.15) is 6.10 Å². The molecule has 4 rings (SSSR count). The van der Waals surface area contributed by atoms with Gasteiger partial charge >= 0.3 is 0 Å². The van der Waals surface area contributed by atoms with E-state index in [4.69, 9.17) is 9.73 Å². The van der Waals surface area contributed by atoms with Crippen LogP contribution < -0.4 is 21.3 Å². The van der Waals surface area contributed by atoms with Gasteiger partial charge in [-0.15, -0.1) is 0 Å². The monoisotopic (exact) mass is 449 g/mol. The minimum atomic E-state index is -0.358. The van der Waals surface area contributed by atoms with Crippen molar-refractivity contribution in [2.24, 2.45) is 4.99 Å². The molecule has 2 unspecified atom stereocenters. The smallest absolute Gasteiger partial charge is 0.253 e. The Hall–Kier alpha value is -3.39. The van der Waals surface area contributed by atoms with Gasteiger partial charge in [0.15, 0.2) is 5.96 Å². The van der Waals surface area contributed by atoms with E-state index >= 15 is 0 Å². The molecule has 0 radical (unpaired) electrons. The standard InChI is InChI=1S/C25H31N5O3/c1-2-26-25(28-16-18-14-23(31)30-21-10-4-3-9-20(18)21)27-15-17-7-5-8-19(13-17)29-24(32)22-11-6-12-33-22/h3-5,7-10,13,18,22H,2,6,11-12,14-16H2,1H3,(H,29,32)(H,30,31)(H2,26,27,28). The van der Waals surface area contributed by atoms with Gasteiger partial charge in [-0.05, 0) is 49.1 Å². The molecule has 8 heteroatoms. The molecular weight excluding hydrogens is 418 g/mol. The molecule has 174 valence electrons. The Kier molecular flexibility index (Phi) is 7.57. The number of benzene rings is 2. The number of anilines is 2. The maximum atomic E-state index is 12.3. The van der Waals surface area contributed by atoms with Gasteiger partial charge in [0.05, 0.1) is 6.54 Å². The van der Waals surface area contributed by atoms with Gasteiger partial charge < -0.3 is 26.0 Å². The number of para-hydroxylation sites is 1. The molecule has 2 atom stereocenters. The predicted octanol–water partition coefficient (Wildman–Crippen LogP) is 2.99. The second-order valence-electron chi connectivity index (χ2n) is 8.30. The Morgan fingerprint density at radius 1 is 1.18 bits per heavy atom. The lowest BCUT2D eigenvalue weighted by Crippen LogP contribution is -2.40. The number of hydrogen-bond acceptors (Lipinski definition) is 4. The molecule has 0 bridgehead atoms. The van der Waals surface area contributed by atoms with E-state index < -0.39 is 0 Å². The first kappa shape index (κ1) is 22.8. The number of nitrogens with zero attached hydrogens (tertiary/aromatic N) is 1. The van der Waals surface area contributed by atoms with Crippen molar-refractivity contribution >= 4 is 29.1 Å². The first-order valence-electron chi connectivity index (χ1n) is 11.5. The van der Waals surface area contributed by atoms with Gasteiger partial charge in [0, 0.05) is 43.4 Å². The molecule has 2 aromatic rings. The van der Waals surface area contributed by atoms with Crippen molar-refractivity contribution in [3.63, 3.8) is 0 Å². The number of guanidine groups is 1. The van der Waals surface area contributed by atoms with Crippen molar-refractivity contribution in [1.82, 2.24) is 10.6 Å². The zero-order chi connectivity index (χ0) is 23.0. The number of ether oxygens (including phenoxy) is 1. The molecule has 33 heavy (non-hydrogen) atoms. The van der Waals surface area contributed by atoms with E-state index in [0.717, 1.165) is 41.9 Å². The van der Waals surface area contributed by atoms with E-state index in [2.05, 4.69) is 27.3 Å². The summed E-state index contributed by atoms with van der Waals surface area (Å²) < 4.78 is 5.45. The Morgan fingerprint density at radius 3 is 2.88 bits per heavy atom. The molecule has 0 aromatic heterocycles. The molecule has 2 aromatic carbocycles. The summed E-state index contributed by atoms with van der Waals surface area (Å²) >= 11 is 0. The summed E-state index contributed by atoms with van der Waals surface area (Å²) in [6.45, 7) is 4.45. The first-order chi connectivity index (χ1) is 16.1. The lowest BCUT2D eigenvalue weighted by Gasteiger charge is -2.26. The van der Waals surface area contributed by atoms with E-state index in [1.807, 2.05) is 49.4 Å². The second-order valence-corrected chi connectivity index (χ2v) is 8.30. The Bertz CT molecular complexity index is 1020. The lowest BCUT2D eigenvalue weighted by molar-refractivity contribution is -0.124. The number of rotatable bonds is 7. The number of amides is 2. The molecule has 2 heterocycles. The van der Waals surface area contributed by atoms with E-state index in [1.54, 1.807) is 0 Å². The summed E-state index contributed by atoms with van der Waals surface area (Å²) in [5.41, 5.74) is 3.74. The van der Waals surface area contributed by atoms with Gasteiger partial charge in [0.25, 0.3) is 5.91 Å². The molecule has 2 aliphatic rings. The maximum Gasteiger partial charge on any atom is 0.253 e. The quantitative estimate of drug-likeness (QED) is 0.384. The highest BCUT2D eigenvalue weighted by Gasteiger charge is 2.25. The van der Waals surface area contributed by atoms with Gasteiger partial charge in [0.2, 0.25) is 5.91 Å². The van der Waals surface area contributed by atoms with Gasteiger partial charge in [-0.1, -0.05) is 30.3 Å². The second kappa shape index (κ2) is 11.0. The van der Waals surface area contributed by atoms with Gasteiger partial charge in [-0.3, -0.25) is 9.59 Å². The minimum absolute atomic E-state index is 0.0318. The largest absolute Gasteiger partial charge is 0.368 e. The fourth-order valence-corrected chi connectivity index (χ4v) is 4.17. The Balaban J connectivity index is 1.37. The molecule has 0 aliphatic carbocycles. The molecule has 8 nitrogen and oxygen atoms in total. The van der Waals surface area contributed by atoms with Crippen LogP contribution in [-0.4, -0.2) is 43.6 Å². The van der Waals surface area contributed by atoms with Crippen molar-refractivity contribution in [1.29, 1.82) is 0 Å². The average Bonchev–Trinajstić information content (AvgIpc) is 3.36. The van der Waals surface area contributed by atoms with Crippen LogP contribution in [0, 0.1) is 0 Å². The van der Waals surface area contributed by atoms with Crippen LogP contribution in [0.1, 0.15) is 43.2 Å². The van der Waals surface area contributed by atoms with Crippen LogP contribution in [0.15, 0.2) is 53.5 Å². The number of nitrogens with one attached hydrogen (secondary N) is 4. The van der Waals surface area contributed by atoms with E-state index in [9.17, 15) is 9.59 Å². The van der Waals surface area contributed by atoms with Crippen LogP contribution in [0.2, 0.25) is 0 Å². The third-order valence-corrected chi connectivity index (χ3v) is 5.80. The van der Waals surface area contributed by atoms with E-state index in [-0.39, 0.29) is 23.8 Å². The fourth-order valence-electron chi connectivity index (χ4n) is 4.17. The van der Waals surface area contributed by atoms with E-state index in [0.29, 0.717) is 32.1 Å². The summed E-state index contributed by atoms with van der Waals surface area (Å²) in [5.74, 6) is 0.703. The van der Waals surface area contributed by atoms with Crippen LogP contribution >= 0.6 is 0 Å². The number of fused-ring (bicyclic) bond motifs is 1. The normalized spacial score (nSPS) is 20.0. The van der Waals surface area contributed by atoms with Crippen molar-refractivity contribution in [3.05, 3.63) is 59.7 Å². The van der Waals surface area contributed by atoms with Crippen LogP contribution in [0.3, 0.4) is 0 Å². The van der Waals surface area contributed by atoms with E-state index in [1.165, 1.54) is 0 Å². The molecule has 1 saturated heterocycles. The molecule has 4 N–H and O–H groups in total. The van der Waals surface area contributed by atoms with Gasteiger partial charge in [-0.2, -0.15) is 0 Å². The predicted molar refractivity (Wildman–Crippen MR) is 129 cm³/mol. The lowest BCUT2D eigenvalue weighted by atomic mass is 9.90. The minimum Gasteiger partial charge on any atom is -0.368 e. The van der Waals surface area contributed by atoms with Crippen LogP contribution in [0.25, 0.3) is 0 Å². The third kappa shape index (κ3) is 6.10. The number of carbonyl (C=O) groups excluding carboxylic acids is 2. The average molecular weight is 450 g/mol. The highest BCUT2D eigenvalue weighted by molar-refractivity contribution is 5.95. The Morgan fingerprint density at radius 2 is 2.06 bits per heavy atom. The first-order valence-corrected chi connectivity index (χ1v) is 11.5. The van der Waals surface area contributed by atoms with Crippen molar-refractivity contribution in [2.75, 3.05) is 30.3 Å². The van der Waals surface area contributed by atoms with Gasteiger partial charge in [-0.25, -0.2) is 4.99 Å². The zero-order valence-corrected chi connectivity index (χ0v) is 18.9. The Labute approximate surface area is 194 Å².